The van der Waals surface area contributed by atoms with Crippen LogP contribution in [0.25, 0.3) is 0 Å². The van der Waals surface area contributed by atoms with E-state index in [0.717, 1.165) is 55.7 Å². The first-order valence-corrected chi connectivity index (χ1v) is 9.41. The van der Waals surface area contributed by atoms with E-state index in [1.807, 2.05) is 18.2 Å². The summed E-state index contributed by atoms with van der Waals surface area (Å²) in [5.74, 6) is 1.54. The second-order valence-electron chi connectivity index (χ2n) is 7.18. The van der Waals surface area contributed by atoms with Crippen LogP contribution in [0, 0.1) is 0 Å². The number of carbonyl (C=O) groups excluding carboxylic acids is 2. The summed E-state index contributed by atoms with van der Waals surface area (Å²) in [6.07, 6.45) is 4.31. The van der Waals surface area contributed by atoms with Gasteiger partial charge in [0.1, 0.15) is 18.8 Å². The third-order valence-electron chi connectivity index (χ3n) is 5.37. The SMILES string of the molecule is O=C1NC2(CCCC2)C(=O)N1CCCNCc1ccc2c(c1)OCCO2. The van der Waals surface area contributed by atoms with Crippen LogP contribution in [-0.4, -0.2) is 48.7 Å². The maximum atomic E-state index is 12.6. The van der Waals surface area contributed by atoms with Crippen molar-refractivity contribution in [1.82, 2.24) is 15.5 Å². The maximum Gasteiger partial charge on any atom is 0.325 e. The second-order valence-corrected chi connectivity index (χ2v) is 7.18. The summed E-state index contributed by atoms with van der Waals surface area (Å²) < 4.78 is 11.1. The standard InChI is InChI=1S/C19H25N3O4/c23-17-19(6-1-2-7-19)21-18(24)22(17)9-3-8-20-13-14-4-5-15-16(12-14)26-11-10-25-15/h4-5,12,20H,1-3,6-11,13H2,(H,21,24). The lowest BCUT2D eigenvalue weighted by molar-refractivity contribution is -0.131. The first-order chi connectivity index (χ1) is 12.7. The molecule has 1 saturated carbocycles. The lowest BCUT2D eigenvalue weighted by Gasteiger charge is -2.20. The Morgan fingerprint density at radius 3 is 2.69 bits per heavy atom. The zero-order valence-corrected chi connectivity index (χ0v) is 14.9. The Bertz CT molecular complexity index is 700. The molecule has 2 N–H and O–H groups in total. The van der Waals surface area contributed by atoms with Crippen molar-refractivity contribution in [3.63, 3.8) is 0 Å². The summed E-state index contributed by atoms with van der Waals surface area (Å²) in [6.45, 7) is 3.08. The number of amides is 3. The van der Waals surface area contributed by atoms with E-state index in [-0.39, 0.29) is 11.9 Å². The smallest absolute Gasteiger partial charge is 0.325 e. The number of carbonyl (C=O) groups is 2. The van der Waals surface area contributed by atoms with Gasteiger partial charge in [-0.2, -0.15) is 0 Å². The Morgan fingerprint density at radius 1 is 1.12 bits per heavy atom. The highest BCUT2D eigenvalue weighted by Gasteiger charge is 2.51. The molecule has 1 aromatic rings. The zero-order valence-electron chi connectivity index (χ0n) is 14.9. The molecule has 0 bridgehead atoms. The lowest BCUT2D eigenvalue weighted by atomic mass is 9.98. The van der Waals surface area contributed by atoms with Crippen LogP contribution in [-0.2, 0) is 11.3 Å². The molecule has 0 unspecified atom stereocenters. The van der Waals surface area contributed by atoms with E-state index in [1.54, 1.807) is 0 Å². The third kappa shape index (κ3) is 3.23. The fraction of sp³-hybridized carbons (Fsp3) is 0.579. The zero-order chi connectivity index (χ0) is 18.0. The predicted molar refractivity (Wildman–Crippen MR) is 95.2 cm³/mol. The molecule has 7 heteroatoms. The number of hydrogen-bond donors (Lipinski definition) is 2. The number of hydrogen-bond acceptors (Lipinski definition) is 5. The average Bonchev–Trinajstić information content (AvgIpc) is 3.21. The number of imide groups is 1. The molecule has 2 aliphatic heterocycles. The fourth-order valence-corrected chi connectivity index (χ4v) is 3.99. The molecule has 3 amide bonds. The number of nitrogens with one attached hydrogen (secondary N) is 2. The Balaban J connectivity index is 1.22. The summed E-state index contributed by atoms with van der Waals surface area (Å²) in [6, 6.07) is 5.70. The van der Waals surface area contributed by atoms with E-state index in [4.69, 9.17) is 9.47 Å². The van der Waals surface area contributed by atoms with Gasteiger partial charge < -0.3 is 20.1 Å². The molecule has 1 saturated heterocycles. The number of nitrogens with zero attached hydrogens (tertiary/aromatic N) is 1. The van der Waals surface area contributed by atoms with Gasteiger partial charge in [0.2, 0.25) is 0 Å². The van der Waals surface area contributed by atoms with Crippen LogP contribution in [0.2, 0.25) is 0 Å². The van der Waals surface area contributed by atoms with Gasteiger partial charge in [0, 0.05) is 13.1 Å². The number of urea groups is 1. The van der Waals surface area contributed by atoms with Gasteiger partial charge in [-0.15, -0.1) is 0 Å². The van der Waals surface area contributed by atoms with E-state index in [2.05, 4.69) is 10.6 Å². The van der Waals surface area contributed by atoms with Crippen molar-refractivity contribution < 1.29 is 19.1 Å². The maximum absolute atomic E-state index is 12.6. The van der Waals surface area contributed by atoms with Gasteiger partial charge in [-0.3, -0.25) is 9.69 Å². The first kappa shape index (κ1) is 17.1. The summed E-state index contributed by atoms with van der Waals surface area (Å²) in [4.78, 5) is 26.1. The lowest BCUT2D eigenvalue weighted by Crippen LogP contribution is -2.44. The molecule has 7 nitrogen and oxygen atoms in total. The Morgan fingerprint density at radius 2 is 1.88 bits per heavy atom. The molecule has 0 atom stereocenters. The van der Waals surface area contributed by atoms with Gasteiger partial charge in [-0.05, 0) is 43.5 Å². The van der Waals surface area contributed by atoms with Crippen molar-refractivity contribution >= 4 is 11.9 Å². The van der Waals surface area contributed by atoms with E-state index < -0.39 is 5.54 Å². The minimum Gasteiger partial charge on any atom is -0.486 e. The normalized spacial score (nSPS) is 20.7. The molecule has 3 aliphatic rings. The topological polar surface area (TPSA) is 79.9 Å². The van der Waals surface area contributed by atoms with Gasteiger partial charge in [-0.1, -0.05) is 18.9 Å². The molecule has 26 heavy (non-hydrogen) atoms. The van der Waals surface area contributed by atoms with Crippen molar-refractivity contribution in [2.45, 2.75) is 44.2 Å². The Hall–Kier alpha value is -2.28. The molecule has 1 aromatic carbocycles. The average molecular weight is 359 g/mol. The molecule has 1 spiro atoms. The molecule has 4 rings (SSSR count). The predicted octanol–water partition coefficient (Wildman–Crippen LogP) is 1.80. The van der Waals surface area contributed by atoms with Gasteiger partial charge in [0.25, 0.3) is 5.91 Å². The molecule has 2 fully saturated rings. The molecule has 0 radical (unpaired) electrons. The van der Waals surface area contributed by atoms with Crippen molar-refractivity contribution in [2.24, 2.45) is 0 Å². The van der Waals surface area contributed by atoms with Crippen LogP contribution in [0.5, 0.6) is 11.5 Å². The quantitative estimate of drug-likeness (QED) is 0.598. The van der Waals surface area contributed by atoms with Crippen LogP contribution < -0.4 is 20.1 Å². The molecular formula is C19H25N3O4. The van der Waals surface area contributed by atoms with Gasteiger partial charge >= 0.3 is 6.03 Å². The first-order valence-electron chi connectivity index (χ1n) is 9.41. The second kappa shape index (κ2) is 7.15. The summed E-state index contributed by atoms with van der Waals surface area (Å²) in [5, 5.41) is 6.27. The monoisotopic (exact) mass is 359 g/mol. The number of fused-ring (bicyclic) bond motifs is 1. The van der Waals surface area contributed by atoms with Crippen LogP contribution in [0.3, 0.4) is 0 Å². The third-order valence-corrected chi connectivity index (χ3v) is 5.37. The Labute approximate surface area is 153 Å². The van der Waals surface area contributed by atoms with E-state index in [0.29, 0.717) is 26.3 Å². The van der Waals surface area contributed by atoms with Gasteiger partial charge in [0.15, 0.2) is 11.5 Å². The van der Waals surface area contributed by atoms with Crippen molar-refractivity contribution in [2.75, 3.05) is 26.3 Å². The van der Waals surface area contributed by atoms with Crippen LogP contribution >= 0.6 is 0 Å². The number of ether oxygens (including phenoxy) is 2. The van der Waals surface area contributed by atoms with E-state index >= 15 is 0 Å². The van der Waals surface area contributed by atoms with Gasteiger partial charge in [-0.25, -0.2) is 4.79 Å². The number of rotatable bonds is 6. The van der Waals surface area contributed by atoms with E-state index in [1.165, 1.54) is 4.90 Å². The summed E-state index contributed by atoms with van der Waals surface area (Å²) >= 11 is 0. The molecule has 1 aliphatic carbocycles. The van der Waals surface area contributed by atoms with Crippen molar-refractivity contribution in [3.05, 3.63) is 23.8 Å². The van der Waals surface area contributed by atoms with Crippen LogP contribution in [0.4, 0.5) is 4.79 Å². The molecular weight excluding hydrogens is 334 g/mol. The highest BCUT2D eigenvalue weighted by Crippen LogP contribution is 2.35. The highest BCUT2D eigenvalue weighted by atomic mass is 16.6. The van der Waals surface area contributed by atoms with Crippen molar-refractivity contribution in [1.29, 1.82) is 0 Å². The number of benzene rings is 1. The molecule has 0 aromatic heterocycles. The molecule has 140 valence electrons. The van der Waals surface area contributed by atoms with Crippen molar-refractivity contribution in [3.8, 4) is 11.5 Å². The van der Waals surface area contributed by atoms with Crippen LogP contribution in [0.15, 0.2) is 18.2 Å². The summed E-state index contributed by atoms with van der Waals surface area (Å²) in [7, 11) is 0. The van der Waals surface area contributed by atoms with Crippen LogP contribution in [0.1, 0.15) is 37.7 Å². The minimum atomic E-state index is -0.601. The van der Waals surface area contributed by atoms with Gasteiger partial charge in [0.05, 0.1) is 0 Å². The highest BCUT2D eigenvalue weighted by molar-refractivity contribution is 6.07. The summed E-state index contributed by atoms with van der Waals surface area (Å²) in [5.41, 5.74) is 0.518. The largest absolute Gasteiger partial charge is 0.486 e. The van der Waals surface area contributed by atoms with E-state index in [9.17, 15) is 9.59 Å². The fourth-order valence-electron chi connectivity index (χ4n) is 3.99. The molecule has 2 heterocycles. The Kier molecular flexibility index (Phi) is 4.72. The minimum absolute atomic E-state index is 0.0353.